The van der Waals surface area contributed by atoms with Crippen molar-refractivity contribution in [2.75, 3.05) is 0 Å². The minimum absolute atomic E-state index is 0. The van der Waals surface area contributed by atoms with Gasteiger partial charge in [0.25, 0.3) is 0 Å². The Balaban J connectivity index is -0.0000000720. The van der Waals surface area contributed by atoms with Crippen LogP contribution in [0.25, 0.3) is 0 Å². The Bertz CT molecular complexity index is 74.6. The van der Waals surface area contributed by atoms with E-state index >= 15 is 0 Å². The summed E-state index contributed by atoms with van der Waals surface area (Å²) < 4.78 is 19.6. The van der Waals surface area contributed by atoms with Gasteiger partial charge in [-0.3, -0.25) is 0 Å². The van der Waals surface area contributed by atoms with Crippen LogP contribution >= 0.6 is 0 Å². The minimum Gasteiger partial charge on any atom is -0.520 e. The van der Waals surface area contributed by atoms with Crippen molar-refractivity contribution in [3.05, 3.63) is 0 Å². The van der Waals surface area contributed by atoms with E-state index in [0.29, 0.717) is 0 Å². The molecule has 0 amide bonds. The SMILES string of the molecule is O=C([O-])F.O=C([O-])F.[Sr+2]. The van der Waals surface area contributed by atoms with Crippen LogP contribution in [-0.2, 0) is 0 Å². The molecular weight excluding hydrogens is 214 g/mol. The number of carboxylic acid groups (broad SMARTS) is 2. The van der Waals surface area contributed by atoms with Gasteiger partial charge in [0.15, 0.2) is 0 Å². The average molecular weight is 214 g/mol. The molecule has 0 atom stereocenters. The molecule has 0 aliphatic heterocycles. The molecule has 0 fully saturated rings. The minimum atomic E-state index is -2.58. The van der Waals surface area contributed by atoms with Gasteiger partial charge in [0.05, 0.1) is 0 Å². The maximum Gasteiger partial charge on any atom is 2.00 e. The molecule has 48 valence electrons. The number of carbonyl (C=O) groups is 2. The standard InChI is InChI=1S/2CHFO2.Sr/c2*2-1(3)4;/h2*(H,3,4);/q;;+2/p-2. The van der Waals surface area contributed by atoms with Gasteiger partial charge in [-0.15, -0.1) is 0 Å². The van der Waals surface area contributed by atoms with Crippen molar-refractivity contribution in [3.8, 4) is 0 Å². The van der Waals surface area contributed by atoms with Gasteiger partial charge in [-0.25, -0.2) is 0 Å². The molecule has 0 spiro atoms. The molecule has 9 heavy (non-hydrogen) atoms. The molecule has 0 bridgehead atoms. The molecule has 0 unspecified atom stereocenters. The fourth-order valence-electron chi connectivity index (χ4n) is 0. The first-order valence-corrected chi connectivity index (χ1v) is 1.19. The predicted octanol–water partition coefficient (Wildman–Crippen LogP) is -1.78. The van der Waals surface area contributed by atoms with Gasteiger partial charge < -0.3 is 19.8 Å². The van der Waals surface area contributed by atoms with Crippen molar-refractivity contribution >= 4 is 57.9 Å². The molecule has 0 radical (unpaired) electrons. The maximum absolute atomic E-state index is 9.81. The number of carbonyl (C=O) groups excluding carboxylic acids is 2. The predicted molar refractivity (Wildman–Crippen MR) is 18.8 cm³/mol. The monoisotopic (exact) mass is 214 g/mol. The number of hydrogen-bond donors (Lipinski definition) is 0. The van der Waals surface area contributed by atoms with Crippen LogP contribution in [0, 0.1) is 0 Å². The topological polar surface area (TPSA) is 80.3 Å². The fourth-order valence-corrected chi connectivity index (χ4v) is 0. The van der Waals surface area contributed by atoms with Gasteiger partial charge in [-0.1, -0.05) is 0 Å². The van der Waals surface area contributed by atoms with Gasteiger partial charge in [0.1, 0.15) is 0 Å². The van der Waals surface area contributed by atoms with E-state index in [2.05, 4.69) is 0 Å². The zero-order chi connectivity index (χ0) is 7.15. The smallest absolute Gasteiger partial charge is 0.520 e. The van der Waals surface area contributed by atoms with Crippen LogP contribution in [0.15, 0.2) is 0 Å². The third-order valence-electron chi connectivity index (χ3n) is 0. The molecule has 0 saturated carbocycles. The molecule has 0 aromatic heterocycles. The van der Waals surface area contributed by atoms with Crippen LogP contribution in [0.3, 0.4) is 0 Å². The first kappa shape index (κ1) is 16.1. The summed E-state index contributed by atoms with van der Waals surface area (Å²) in [4.78, 5) is 16.4. The normalized spacial score (nSPS) is 5.56. The van der Waals surface area contributed by atoms with Crippen molar-refractivity contribution in [1.29, 1.82) is 0 Å². The van der Waals surface area contributed by atoms with Crippen LogP contribution in [0.2, 0.25) is 0 Å². The van der Waals surface area contributed by atoms with Gasteiger partial charge >= 0.3 is 45.5 Å². The van der Waals surface area contributed by atoms with Gasteiger partial charge in [0, 0.05) is 0 Å². The molecule has 0 N–H and O–H groups in total. The van der Waals surface area contributed by atoms with E-state index in [9.17, 15) is 8.78 Å². The third-order valence-corrected chi connectivity index (χ3v) is 0. The second kappa shape index (κ2) is 11.1. The molecular formula is C2F2O4Sr. The zero-order valence-electron chi connectivity index (χ0n) is 4.10. The number of rotatable bonds is 0. The Labute approximate surface area is 85.7 Å². The van der Waals surface area contributed by atoms with Gasteiger partial charge in [-0.2, -0.15) is 8.78 Å². The van der Waals surface area contributed by atoms with Crippen molar-refractivity contribution < 1.29 is 28.6 Å². The summed E-state index contributed by atoms with van der Waals surface area (Å²) >= 11 is 0. The van der Waals surface area contributed by atoms with Crippen molar-refractivity contribution in [2.45, 2.75) is 0 Å². The third kappa shape index (κ3) is 4150. The van der Waals surface area contributed by atoms with Crippen molar-refractivity contribution in [1.82, 2.24) is 0 Å². The summed E-state index contributed by atoms with van der Waals surface area (Å²) in [5.41, 5.74) is 0. The Morgan fingerprint density at radius 3 is 1.00 bits per heavy atom. The Morgan fingerprint density at radius 1 is 1.00 bits per heavy atom. The summed E-state index contributed by atoms with van der Waals surface area (Å²) in [6.45, 7) is 0. The summed E-state index contributed by atoms with van der Waals surface area (Å²) in [6, 6.07) is 0. The Morgan fingerprint density at radius 2 is 1.00 bits per heavy atom. The van der Waals surface area contributed by atoms with Crippen LogP contribution in [0.1, 0.15) is 0 Å². The first-order valence-electron chi connectivity index (χ1n) is 1.19. The second-order valence-corrected chi connectivity index (χ2v) is 0.475. The van der Waals surface area contributed by atoms with Crippen molar-refractivity contribution in [3.63, 3.8) is 0 Å². The molecule has 0 aromatic rings. The molecule has 0 saturated heterocycles. The summed E-state index contributed by atoms with van der Waals surface area (Å²) in [5, 5.41) is 16.4. The number of hydrogen-bond acceptors (Lipinski definition) is 4. The van der Waals surface area contributed by atoms with Crippen LogP contribution < -0.4 is 10.2 Å². The Kier molecular flexibility index (Phi) is 19.9. The zero-order valence-corrected chi connectivity index (χ0v) is 7.57. The van der Waals surface area contributed by atoms with E-state index in [1.807, 2.05) is 0 Å². The molecule has 0 heterocycles. The first-order chi connectivity index (χ1) is 3.46. The van der Waals surface area contributed by atoms with Crippen LogP contribution in [0.4, 0.5) is 18.4 Å². The van der Waals surface area contributed by atoms with E-state index < -0.39 is 12.4 Å². The van der Waals surface area contributed by atoms with E-state index in [1.54, 1.807) is 0 Å². The van der Waals surface area contributed by atoms with Crippen LogP contribution in [0.5, 0.6) is 0 Å². The second-order valence-electron chi connectivity index (χ2n) is 0.475. The molecule has 4 nitrogen and oxygen atoms in total. The molecule has 0 rings (SSSR count). The molecule has 0 aromatic carbocycles. The van der Waals surface area contributed by atoms with E-state index in [1.165, 1.54) is 0 Å². The summed E-state index contributed by atoms with van der Waals surface area (Å²) in [5.74, 6) is 0. The van der Waals surface area contributed by atoms with Crippen molar-refractivity contribution in [2.24, 2.45) is 0 Å². The van der Waals surface area contributed by atoms with E-state index in [-0.39, 0.29) is 45.5 Å². The van der Waals surface area contributed by atoms with Gasteiger partial charge in [-0.05, 0) is 0 Å². The largest absolute Gasteiger partial charge is 2.00 e. The van der Waals surface area contributed by atoms with E-state index in [4.69, 9.17) is 19.8 Å². The summed E-state index contributed by atoms with van der Waals surface area (Å²) in [7, 11) is 0. The Hall–Kier alpha value is 0.281. The fraction of sp³-hybridized carbons (Fsp3) is 0. The maximum atomic E-state index is 9.81. The molecule has 0 aliphatic carbocycles. The van der Waals surface area contributed by atoms with Crippen LogP contribution in [-0.4, -0.2) is 57.9 Å². The summed E-state index contributed by atoms with van der Waals surface area (Å²) in [6.07, 6.45) is -5.17. The van der Waals surface area contributed by atoms with E-state index in [0.717, 1.165) is 0 Å². The number of halogens is 2. The van der Waals surface area contributed by atoms with Gasteiger partial charge in [0.2, 0.25) is 12.4 Å². The average Bonchev–Trinajstić information content (AvgIpc) is 1.25. The quantitative estimate of drug-likeness (QED) is 0.352. The molecule has 7 heteroatoms. The molecule has 0 aliphatic rings.